The zero-order valence-corrected chi connectivity index (χ0v) is 7.94. The SMILES string of the molecule is C=CC(CC(F)(F)F)(CC(F)(F)F)B(O)O. The van der Waals surface area contributed by atoms with Gasteiger partial charge in [0.15, 0.2) is 0 Å². The van der Waals surface area contributed by atoms with Crippen molar-refractivity contribution >= 4 is 7.12 Å². The van der Waals surface area contributed by atoms with E-state index in [4.69, 9.17) is 10.0 Å². The van der Waals surface area contributed by atoms with Gasteiger partial charge in [0.05, 0.1) is 12.8 Å². The molecule has 2 N–H and O–H groups in total. The first kappa shape index (κ1) is 15.3. The van der Waals surface area contributed by atoms with Crippen LogP contribution < -0.4 is 0 Å². The number of halogens is 6. The third-order valence-electron chi connectivity index (χ3n) is 1.98. The quantitative estimate of drug-likeness (QED) is 0.456. The van der Waals surface area contributed by atoms with Crippen LogP contribution in [0.1, 0.15) is 12.8 Å². The minimum absolute atomic E-state index is 0.276. The smallest absolute Gasteiger partial charge is 0.426 e. The fourth-order valence-electron chi connectivity index (χ4n) is 1.24. The van der Waals surface area contributed by atoms with Crippen LogP contribution in [0.4, 0.5) is 26.3 Å². The molecule has 0 saturated heterocycles. The maximum Gasteiger partial charge on any atom is 0.462 e. The van der Waals surface area contributed by atoms with Gasteiger partial charge in [0, 0.05) is 5.31 Å². The summed E-state index contributed by atoms with van der Waals surface area (Å²) in [5, 5.41) is 14.5. The molecule has 2 nitrogen and oxygen atoms in total. The molecule has 0 fully saturated rings. The van der Waals surface area contributed by atoms with Crippen molar-refractivity contribution in [2.75, 3.05) is 0 Å². The maximum absolute atomic E-state index is 12.0. The molecule has 0 atom stereocenters. The highest BCUT2D eigenvalue weighted by Crippen LogP contribution is 2.49. The molecule has 0 aliphatic carbocycles. The predicted molar refractivity (Wildman–Crippen MR) is 44.4 cm³/mol. The normalized spacial score (nSPS) is 13.8. The van der Waals surface area contributed by atoms with Gasteiger partial charge < -0.3 is 10.0 Å². The van der Waals surface area contributed by atoms with Gasteiger partial charge in [-0.25, -0.2) is 0 Å². The largest absolute Gasteiger partial charge is 0.462 e. The van der Waals surface area contributed by atoms with Crippen LogP contribution in [-0.2, 0) is 0 Å². The Kier molecular flexibility index (Phi) is 4.46. The fraction of sp³-hybridized carbons (Fsp3) is 0.714. The van der Waals surface area contributed by atoms with Crippen LogP contribution in [0, 0.1) is 0 Å². The van der Waals surface area contributed by atoms with Crippen LogP contribution in [0.15, 0.2) is 12.7 Å². The summed E-state index contributed by atoms with van der Waals surface area (Å²) in [6, 6.07) is 0. The molecule has 0 bridgehead atoms. The fourth-order valence-corrected chi connectivity index (χ4v) is 1.24. The molecule has 0 rings (SSSR count). The second-order valence-electron chi connectivity index (χ2n) is 3.39. The number of rotatable bonds is 4. The van der Waals surface area contributed by atoms with E-state index < -0.39 is 37.6 Å². The Labute approximate surface area is 87.7 Å². The summed E-state index contributed by atoms with van der Waals surface area (Å²) in [4.78, 5) is 0. The monoisotopic (exact) mass is 250 g/mol. The number of alkyl halides is 6. The van der Waals surface area contributed by atoms with E-state index >= 15 is 0 Å². The van der Waals surface area contributed by atoms with E-state index in [1.807, 2.05) is 0 Å². The highest BCUT2D eigenvalue weighted by atomic mass is 19.4. The van der Waals surface area contributed by atoms with Crippen LogP contribution in [0.2, 0.25) is 5.31 Å². The lowest BCUT2D eigenvalue weighted by Crippen LogP contribution is -2.39. The van der Waals surface area contributed by atoms with Crippen LogP contribution in [0.25, 0.3) is 0 Å². The predicted octanol–water partition coefficient (Wildman–Crippen LogP) is 2.29. The second kappa shape index (κ2) is 4.66. The van der Waals surface area contributed by atoms with Crippen LogP contribution in [0.5, 0.6) is 0 Å². The van der Waals surface area contributed by atoms with Gasteiger partial charge in [-0.15, -0.1) is 6.58 Å². The molecule has 0 aliphatic heterocycles. The number of hydrogen-bond acceptors (Lipinski definition) is 2. The summed E-state index contributed by atoms with van der Waals surface area (Å²) in [6.07, 6.45) is -13.6. The first-order valence-electron chi connectivity index (χ1n) is 4.05. The summed E-state index contributed by atoms with van der Waals surface area (Å²) >= 11 is 0. The Morgan fingerprint density at radius 2 is 1.25 bits per heavy atom. The number of hydrogen-bond donors (Lipinski definition) is 2. The van der Waals surface area contributed by atoms with E-state index in [1.54, 1.807) is 0 Å². The lowest BCUT2D eigenvalue weighted by atomic mass is 9.54. The summed E-state index contributed by atoms with van der Waals surface area (Å²) in [6.45, 7) is 2.80. The lowest BCUT2D eigenvalue weighted by Gasteiger charge is -2.31. The van der Waals surface area contributed by atoms with Crippen molar-refractivity contribution in [3.63, 3.8) is 0 Å². The molecule has 0 saturated carbocycles. The highest BCUT2D eigenvalue weighted by molar-refractivity contribution is 6.46. The van der Waals surface area contributed by atoms with Gasteiger partial charge >= 0.3 is 19.5 Å². The van der Waals surface area contributed by atoms with Crippen molar-refractivity contribution < 1.29 is 36.4 Å². The van der Waals surface area contributed by atoms with Gasteiger partial charge in [0.1, 0.15) is 0 Å². The third-order valence-corrected chi connectivity index (χ3v) is 1.98. The average molecular weight is 250 g/mol. The Bertz CT molecular complexity index is 230. The minimum Gasteiger partial charge on any atom is -0.426 e. The topological polar surface area (TPSA) is 40.5 Å². The molecule has 9 heteroatoms. The molecular weight excluding hydrogens is 241 g/mol. The molecule has 0 spiro atoms. The first-order valence-corrected chi connectivity index (χ1v) is 4.05. The van der Waals surface area contributed by atoms with Gasteiger partial charge in [-0.1, -0.05) is 6.08 Å². The third kappa shape index (κ3) is 4.89. The molecule has 0 heterocycles. The second-order valence-corrected chi connectivity index (χ2v) is 3.39. The van der Waals surface area contributed by atoms with Crippen molar-refractivity contribution in [2.45, 2.75) is 30.5 Å². The van der Waals surface area contributed by atoms with Gasteiger partial charge in [0.2, 0.25) is 0 Å². The van der Waals surface area contributed by atoms with Crippen LogP contribution in [-0.4, -0.2) is 29.5 Å². The molecule has 0 aromatic carbocycles. The Balaban J connectivity index is 5.09. The average Bonchev–Trinajstić information content (AvgIpc) is 1.97. The lowest BCUT2D eigenvalue weighted by molar-refractivity contribution is -0.167. The molecule has 0 aliphatic rings. The molecular formula is C7H9BF6O2. The van der Waals surface area contributed by atoms with Gasteiger partial charge in [-0.05, 0) is 0 Å². The van der Waals surface area contributed by atoms with Crippen molar-refractivity contribution in [2.24, 2.45) is 0 Å². The van der Waals surface area contributed by atoms with Gasteiger partial charge in [-0.3, -0.25) is 0 Å². The van der Waals surface area contributed by atoms with E-state index in [2.05, 4.69) is 6.58 Å². The van der Waals surface area contributed by atoms with Gasteiger partial charge in [-0.2, -0.15) is 26.3 Å². The molecule has 0 aromatic heterocycles. The van der Waals surface area contributed by atoms with Crippen molar-refractivity contribution in [3.8, 4) is 0 Å². The zero-order chi connectivity index (χ0) is 13.2. The Hall–Kier alpha value is -0.695. The van der Waals surface area contributed by atoms with Crippen LogP contribution in [0.3, 0.4) is 0 Å². The van der Waals surface area contributed by atoms with Crippen LogP contribution >= 0.6 is 0 Å². The van der Waals surface area contributed by atoms with E-state index in [0.29, 0.717) is 0 Å². The Morgan fingerprint density at radius 1 is 0.938 bits per heavy atom. The molecule has 94 valence electrons. The molecule has 16 heavy (non-hydrogen) atoms. The van der Waals surface area contributed by atoms with Crippen molar-refractivity contribution in [1.82, 2.24) is 0 Å². The zero-order valence-electron chi connectivity index (χ0n) is 7.94. The van der Waals surface area contributed by atoms with E-state index in [9.17, 15) is 26.3 Å². The van der Waals surface area contributed by atoms with Crippen molar-refractivity contribution in [3.05, 3.63) is 12.7 Å². The molecule has 0 amide bonds. The van der Waals surface area contributed by atoms with E-state index in [-0.39, 0.29) is 6.08 Å². The standard InChI is InChI=1S/C7H9BF6O2/c1-2-5(8(15)16,3-6(9,10)11)4-7(12,13)14/h2,15-16H,1,3-4H2. The number of allylic oxidation sites excluding steroid dienone is 1. The summed E-state index contributed by atoms with van der Waals surface area (Å²) < 4.78 is 72.2. The first-order chi connectivity index (χ1) is 6.92. The molecule has 0 unspecified atom stereocenters. The van der Waals surface area contributed by atoms with Crippen molar-refractivity contribution in [1.29, 1.82) is 0 Å². The Morgan fingerprint density at radius 3 is 1.38 bits per heavy atom. The van der Waals surface area contributed by atoms with E-state index in [1.165, 1.54) is 0 Å². The molecule has 0 aromatic rings. The summed E-state index contributed by atoms with van der Waals surface area (Å²) in [5.41, 5.74) is 0. The summed E-state index contributed by atoms with van der Waals surface area (Å²) in [7, 11) is -2.78. The van der Waals surface area contributed by atoms with Gasteiger partial charge in [0.25, 0.3) is 0 Å². The summed E-state index contributed by atoms with van der Waals surface area (Å²) in [5.74, 6) is 0. The highest BCUT2D eigenvalue weighted by Gasteiger charge is 2.53. The maximum atomic E-state index is 12.0. The minimum atomic E-state index is -4.96. The van der Waals surface area contributed by atoms with E-state index in [0.717, 1.165) is 0 Å². The molecule has 0 radical (unpaired) electrons.